The number of hydrogen-bond acceptors (Lipinski definition) is 5. The summed E-state index contributed by atoms with van der Waals surface area (Å²) in [5.41, 5.74) is 0. The van der Waals surface area contributed by atoms with Crippen molar-refractivity contribution in [2.75, 3.05) is 46.1 Å². The van der Waals surface area contributed by atoms with Gasteiger partial charge in [-0.25, -0.2) is 4.99 Å². The van der Waals surface area contributed by atoms with E-state index in [1.165, 1.54) is 0 Å². The second-order valence-corrected chi connectivity index (χ2v) is 6.60. The smallest absolute Gasteiger partial charge is 0.194 e. The van der Waals surface area contributed by atoms with E-state index in [1.807, 2.05) is 32.4 Å². The molecule has 0 aromatic carbocycles. The zero-order valence-electron chi connectivity index (χ0n) is 17.1. The third-order valence-electron chi connectivity index (χ3n) is 4.65. The first kappa shape index (κ1) is 24.1. The molecule has 2 heterocycles. The molecular weight excluding hydrogens is 459 g/mol. The first-order valence-electron chi connectivity index (χ1n) is 9.69. The number of aliphatic imine (C=N–C) groups is 1. The quantitative estimate of drug-likeness (QED) is 0.232. The van der Waals surface area contributed by atoms with Gasteiger partial charge in [-0.3, -0.25) is 0 Å². The van der Waals surface area contributed by atoms with E-state index >= 15 is 0 Å². The van der Waals surface area contributed by atoms with Gasteiger partial charge < -0.3 is 24.3 Å². The second kappa shape index (κ2) is 13.3. The molecule has 1 atom stereocenters. The van der Waals surface area contributed by atoms with Gasteiger partial charge in [-0.1, -0.05) is 0 Å². The Labute approximate surface area is 180 Å². The van der Waals surface area contributed by atoms with Gasteiger partial charge in [0.05, 0.1) is 6.61 Å². The zero-order chi connectivity index (χ0) is 18.8. The van der Waals surface area contributed by atoms with E-state index in [2.05, 4.69) is 20.4 Å². The van der Waals surface area contributed by atoms with Crippen molar-refractivity contribution in [3.8, 4) is 0 Å². The van der Waals surface area contributed by atoms with E-state index in [9.17, 15) is 0 Å². The fourth-order valence-corrected chi connectivity index (χ4v) is 2.97. The summed E-state index contributed by atoms with van der Waals surface area (Å²) in [5, 5.41) is 11.8. The van der Waals surface area contributed by atoms with E-state index in [0.29, 0.717) is 12.5 Å². The van der Waals surface area contributed by atoms with Gasteiger partial charge in [-0.15, -0.1) is 34.2 Å². The molecule has 0 saturated carbocycles. The summed E-state index contributed by atoms with van der Waals surface area (Å²) < 4.78 is 13.0. The molecule has 0 radical (unpaired) electrons. The van der Waals surface area contributed by atoms with Crippen LogP contribution in [0.1, 0.15) is 38.3 Å². The molecule has 9 heteroatoms. The van der Waals surface area contributed by atoms with Crippen LogP contribution in [-0.2, 0) is 23.1 Å². The first-order valence-corrected chi connectivity index (χ1v) is 9.69. The summed E-state index contributed by atoms with van der Waals surface area (Å²) in [6.45, 7) is 12.5. The van der Waals surface area contributed by atoms with Crippen molar-refractivity contribution in [2.24, 2.45) is 18.0 Å². The molecule has 1 fully saturated rings. The second-order valence-electron chi connectivity index (χ2n) is 6.60. The Balaban J connectivity index is 0.00000364. The normalized spacial score (nSPS) is 17.3. The highest BCUT2D eigenvalue weighted by Gasteiger charge is 2.25. The van der Waals surface area contributed by atoms with Gasteiger partial charge in [0.25, 0.3) is 0 Å². The molecule has 1 aromatic rings. The van der Waals surface area contributed by atoms with Crippen LogP contribution in [0.5, 0.6) is 0 Å². The van der Waals surface area contributed by atoms with Crippen molar-refractivity contribution in [3.05, 3.63) is 11.6 Å². The van der Waals surface area contributed by atoms with Crippen LogP contribution in [0.15, 0.2) is 4.99 Å². The predicted molar refractivity (Wildman–Crippen MR) is 118 cm³/mol. The standard InChI is InChI=1S/C18H34N6O2.HI/c1-5-25-11-7-9-19-18(20-12-17-22-21-15(3)23(17)4)24-10-8-16(13-24)14-26-6-2;/h16H,5-14H2,1-4H3,(H,19,20);1H. The molecule has 1 saturated heterocycles. The van der Waals surface area contributed by atoms with Crippen LogP contribution in [-0.4, -0.2) is 71.7 Å². The van der Waals surface area contributed by atoms with E-state index in [-0.39, 0.29) is 24.0 Å². The van der Waals surface area contributed by atoms with Crippen molar-refractivity contribution in [2.45, 2.75) is 40.2 Å². The number of halogens is 1. The van der Waals surface area contributed by atoms with Gasteiger partial charge in [0.15, 0.2) is 11.8 Å². The van der Waals surface area contributed by atoms with Gasteiger partial charge in [-0.05, 0) is 33.6 Å². The Morgan fingerprint density at radius 1 is 1.26 bits per heavy atom. The fourth-order valence-electron chi connectivity index (χ4n) is 2.97. The molecule has 2 rings (SSSR count). The molecular formula is C18H35IN6O2. The highest BCUT2D eigenvalue weighted by atomic mass is 127. The fraction of sp³-hybridized carbons (Fsp3) is 0.833. The van der Waals surface area contributed by atoms with Crippen LogP contribution < -0.4 is 5.32 Å². The monoisotopic (exact) mass is 494 g/mol. The number of aryl methyl sites for hydroxylation is 1. The average Bonchev–Trinajstić information content (AvgIpc) is 3.24. The lowest BCUT2D eigenvalue weighted by Crippen LogP contribution is -2.41. The highest BCUT2D eigenvalue weighted by molar-refractivity contribution is 14.0. The van der Waals surface area contributed by atoms with Gasteiger partial charge in [0, 0.05) is 52.4 Å². The van der Waals surface area contributed by atoms with Gasteiger partial charge >= 0.3 is 0 Å². The van der Waals surface area contributed by atoms with Crippen molar-refractivity contribution >= 4 is 29.9 Å². The first-order chi connectivity index (χ1) is 12.7. The summed E-state index contributed by atoms with van der Waals surface area (Å²) in [6, 6.07) is 0. The lowest BCUT2D eigenvalue weighted by atomic mass is 10.1. The zero-order valence-corrected chi connectivity index (χ0v) is 19.4. The summed E-state index contributed by atoms with van der Waals surface area (Å²) >= 11 is 0. The van der Waals surface area contributed by atoms with Crippen molar-refractivity contribution < 1.29 is 9.47 Å². The molecule has 0 spiro atoms. The Hall–Kier alpha value is -0.940. The van der Waals surface area contributed by atoms with E-state index < -0.39 is 0 Å². The number of guanidine groups is 1. The van der Waals surface area contributed by atoms with Crippen LogP contribution in [0.2, 0.25) is 0 Å². The lowest BCUT2D eigenvalue weighted by Gasteiger charge is -2.22. The van der Waals surface area contributed by atoms with Gasteiger partial charge in [0.2, 0.25) is 0 Å². The number of hydrogen-bond donors (Lipinski definition) is 1. The molecule has 1 aromatic heterocycles. The molecule has 0 aliphatic carbocycles. The van der Waals surface area contributed by atoms with Crippen molar-refractivity contribution in [1.82, 2.24) is 25.0 Å². The number of aromatic nitrogens is 3. The van der Waals surface area contributed by atoms with Crippen LogP contribution in [0.3, 0.4) is 0 Å². The van der Waals surface area contributed by atoms with Crippen LogP contribution >= 0.6 is 24.0 Å². The summed E-state index contributed by atoms with van der Waals surface area (Å²) in [6.07, 6.45) is 2.11. The minimum atomic E-state index is 0. The minimum absolute atomic E-state index is 0. The largest absolute Gasteiger partial charge is 0.382 e. The van der Waals surface area contributed by atoms with Crippen LogP contribution in [0.25, 0.3) is 0 Å². The number of likely N-dealkylation sites (tertiary alicyclic amines) is 1. The summed E-state index contributed by atoms with van der Waals surface area (Å²) in [7, 11) is 1.98. The SMILES string of the molecule is CCOCCCNC(=NCc1nnc(C)n1C)N1CCC(COCC)C1.I. The predicted octanol–water partition coefficient (Wildman–Crippen LogP) is 1.97. The third kappa shape index (κ3) is 7.90. The number of ether oxygens (including phenoxy) is 2. The summed E-state index contributed by atoms with van der Waals surface area (Å²) in [4.78, 5) is 7.14. The number of nitrogens with one attached hydrogen (secondary N) is 1. The average molecular weight is 494 g/mol. The van der Waals surface area contributed by atoms with Gasteiger partial charge in [-0.2, -0.15) is 0 Å². The summed E-state index contributed by atoms with van der Waals surface area (Å²) in [5.74, 6) is 3.30. The Morgan fingerprint density at radius 3 is 2.70 bits per heavy atom. The van der Waals surface area contributed by atoms with Crippen LogP contribution in [0.4, 0.5) is 0 Å². The maximum Gasteiger partial charge on any atom is 0.194 e. The molecule has 1 aliphatic heterocycles. The van der Waals surface area contributed by atoms with Crippen molar-refractivity contribution in [3.63, 3.8) is 0 Å². The molecule has 1 unspecified atom stereocenters. The molecule has 1 N–H and O–H groups in total. The van der Waals surface area contributed by atoms with Crippen molar-refractivity contribution in [1.29, 1.82) is 0 Å². The molecule has 156 valence electrons. The topological polar surface area (TPSA) is 76.8 Å². The Kier molecular flexibility index (Phi) is 11.8. The van der Waals surface area contributed by atoms with E-state index in [4.69, 9.17) is 14.5 Å². The minimum Gasteiger partial charge on any atom is -0.382 e. The maximum absolute atomic E-state index is 5.59. The van der Waals surface area contributed by atoms with Gasteiger partial charge in [0.1, 0.15) is 12.4 Å². The number of nitrogens with zero attached hydrogens (tertiary/aromatic N) is 5. The number of rotatable bonds is 10. The molecule has 0 amide bonds. The molecule has 1 aliphatic rings. The van der Waals surface area contributed by atoms with E-state index in [1.54, 1.807) is 0 Å². The maximum atomic E-state index is 5.59. The molecule has 0 bridgehead atoms. The highest BCUT2D eigenvalue weighted by Crippen LogP contribution is 2.17. The Bertz CT molecular complexity index is 566. The van der Waals surface area contributed by atoms with Crippen LogP contribution in [0, 0.1) is 12.8 Å². The Morgan fingerprint density at radius 2 is 2.04 bits per heavy atom. The molecule has 8 nitrogen and oxygen atoms in total. The third-order valence-corrected chi connectivity index (χ3v) is 4.65. The lowest BCUT2D eigenvalue weighted by molar-refractivity contribution is 0.114. The molecule has 27 heavy (non-hydrogen) atoms. The van der Waals surface area contributed by atoms with E-state index in [0.717, 1.165) is 76.5 Å².